The minimum atomic E-state index is 0.339. The molecule has 1 aromatic heterocycles. The summed E-state index contributed by atoms with van der Waals surface area (Å²) in [6, 6.07) is 10.3. The van der Waals surface area contributed by atoms with E-state index in [2.05, 4.69) is 34.2 Å². The number of rotatable bonds is 4. The average molecular weight is 241 g/mol. The van der Waals surface area contributed by atoms with Gasteiger partial charge in [0.05, 0.1) is 6.67 Å². The molecule has 0 aliphatic heterocycles. The number of nitrogens with zero attached hydrogens (tertiary/aromatic N) is 5. The molecule has 18 heavy (non-hydrogen) atoms. The molecule has 0 fully saturated rings. The van der Waals surface area contributed by atoms with Crippen molar-refractivity contribution >= 4 is 0 Å². The largest absolute Gasteiger partial charge is 0.291 e. The van der Waals surface area contributed by atoms with Gasteiger partial charge >= 0.3 is 0 Å². The third kappa shape index (κ3) is 2.73. The van der Waals surface area contributed by atoms with Gasteiger partial charge in [-0.1, -0.05) is 24.3 Å². The Morgan fingerprint density at radius 2 is 2.17 bits per heavy atom. The van der Waals surface area contributed by atoms with E-state index in [1.54, 1.807) is 10.9 Å². The van der Waals surface area contributed by atoms with E-state index in [4.69, 9.17) is 5.26 Å². The van der Waals surface area contributed by atoms with Crippen LogP contribution in [0.15, 0.2) is 30.6 Å². The fourth-order valence-electron chi connectivity index (χ4n) is 1.83. The van der Waals surface area contributed by atoms with E-state index in [0.717, 1.165) is 6.54 Å². The number of hydrogen-bond acceptors (Lipinski definition) is 4. The number of hydrogen-bond donors (Lipinski definition) is 0. The molecule has 0 N–H and O–H groups in total. The van der Waals surface area contributed by atoms with E-state index >= 15 is 0 Å². The van der Waals surface area contributed by atoms with Crippen LogP contribution in [-0.2, 0) is 13.2 Å². The van der Waals surface area contributed by atoms with Gasteiger partial charge in [0.25, 0.3) is 0 Å². The zero-order chi connectivity index (χ0) is 13.0. The first-order chi connectivity index (χ1) is 8.70. The maximum absolute atomic E-state index is 8.86. The zero-order valence-electron chi connectivity index (χ0n) is 10.5. The Morgan fingerprint density at radius 1 is 1.39 bits per heavy atom. The molecule has 0 radical (unpaired) electrons. The highest BCUT2D eigenvalue weighted by Gasteiger charge is 2.07. The van der Waals surface area contributed by atoms with Crippen LogP contribution in [0.5, 0.6) is 0 Å². The van der Waals surface area contributed by atoms with Crippen LogP contribution in [0.4, 0.5) is 0 Å². The molecule has 0 aliphatic carbocycles. The Hall–Kier alpha value is -2.19. The Kier molecular flexibility index (Phi) is 3.70. The second kappa shape index (κ2) is 5.43. The molecule has 0 saturated carbocycles. The highest BCUT2D eigenvalue weighted by molar-refractivity contribution is 5.25. The van der Waals surface area contributed by atoms with Crippen LogP contribution < -0.4 is 0 Å². The van der Waals surface area contributed by atoms with E-state index in [-0.39, 0.29) is 0 Å². The van der Waals surface area contributed by atoms with Crippen molar-refractivity contribution in [2.24, 2.45) is 0 Å². The van der Waals surface area contributed by atoms with Gasteiger partial charge < -0.3 is 0 Å². The van der Waals surface area contributed by atoms with Gasteiger partial charge in [-0.15, -0.1) is 10.2 Å². The summed E-state index contributed by atoms with van der Waals surface area (Å²) >= 11 is 0. The summed E-state index contributed by atoms with van der Waals surface area (Å²) in [7, 11) is 2.01. The molecule has 2 aromatic rings. The van der Waals surface area contributed by atoms with Crippen molar-refractivity contribution in [1.82, 2.24) is 19.7 Å². The minimum absolute atomic E-state index is 0.339. The average Bonchev–Trinajstić information content (AvgIpc) is 2.79. The fraction of sp³-hybridized carbons (Fsp3) is 0.308. The van der Waals surface area contributed by atoms with Crippen molar-refractivity contribution < 1.29 is 0 Å². The van der Waals surface area contributed by atoms with Gasteiger partial charge in [0, 0.05) is 6.54 Å². The van der Waals surface area contributed by atoms with Crippen molar-refractivity contribution in [3.63, 3.8) is 0 Å². The Labute approximate surface area is 106 Å². The molecule has 0 atom stereocenters. The van der Waals surface area contributed by atoms with Crippen LogP contribution in [-0.4, -0.2) is 26.7 Å². The number of nitriles is 1. The summed E-state index contributed by atoms with van der Waals surface area (Å²) in [4.78, 5) is 2.12. The van der Waals surface area contributed by atoms with E-state index in [1.165, 1.54) is 11.1 Å². The van der Waals surface area contributed by atoms with Gasteiger partial charge in [0.2, 0.25) is 5.82 Å². The van der Waals surface area contributed by atoms with E-state index in [9.17, 15) is 0 Å². The second-order valence-electron chi connectivity index (χ2n) is 4.32. The van der Waals surface area contributed by atoms with Crippen LogP contribution in [0, 0.1) is 18.3 Å². The molecule has 1 aromatic carbocycles. The number of aromatic nitrogens is 3. The van der Waals surface area contributed by atoms with Crippen LogP contribution in [0.1, 0.15) is 17.0 Å². The first kappa shape index (κ1) is 12.3. The van der Waals surface area contributed by atoms with E-state index in [1.807, 2.05) is 25.2 Å². The van der Waals surface area contributed by atoms with Crippen molar-refractivity contribution in [3.8, 4) is 6.07 Å². The zero-order valence-corrected chi connectivity index (χ0v) is 10.5. The molecule has 0 saturated heterocycles. The summed E-state index contributed by atoms with van der Waals surface area (Å²) in [6.45, 7) is 3.53. The molecule has 2 rings (SSSR count). The molecule has 5 heteroatoms. The SMILES string of the molecule is Cc1ccccc1CN(C)Cn1cnnc1C#N. The molecule has 1 heterocycles. The molecular weight excluding hydrogens is 226 g/mol. The fourth-order valence-corrected chi connectivity index (χ4v) is 1.83. The lowest BCUT2D eigenvalue weighted by molar-refractivity contribution is 0.258. The van der Waals surface area contributed by atoms with E-state index < -0.39 is 0 Å². The normalized spacial score (nSPS) is 10.6. The Morgan fingerprint density at radius 3 is 2.89 bits per heavy atom. The van der Waals surface area contributed by atoms with Crippen LogP contribution in [0.2, 0.25) is 0 Å². The maximum atomic E-state index is 8.86. The van der Waals surface area contributed by atoms with Gasteiger partial charge in [-0.3, -0.25) is 9.47 Å². The smallest absolute Gasteiger partial charge is 0.235 e. The predicted molar refractivity (Wildman–Crippen MR) is 67.4 cm³/mol. The molecule has 0 amide bonds. The van der Waals surface area contributed by atoms with Crippen molar-refractivity contribution in [1.29, 1.82) is 5.26 Å². The van der Waals surface area contributed by atoms with Crippen LogP contribution >= 0.6 is 0 Å². The van der Waals surface area contributed by atoms with Crippen LogP contribution in [0.25, 0.3) is 0 Å². The summed E-state index contributed by atoms with van der Waals surface area (Å²) in [5, 5.41) is 16.3. The Bertz CT molecular complexity index is 563. The third-order valence-electron chi connectivity index (χ3n) is 2.81. The summed E-state index contributed by atoms with van der Waals surface area (Å²) in [5.74, 6) is 0.339. The van der Waals surface area contributed by atoms with Crippen LogP contribution in [0.3, 0.4) is 0 Å². The van der Waals surface area contributed by atoms with E-state index in [0.29, 0.717) is 12.5 Å². The monoisotopic (exact) mass is 241 g/mol. The lowest BCUT2D eigenvalue weighted by Gasteiger charge is -2.18. The highest BCUT2D eigenvalue weighted by Crippen LogP contribution is 2.10. The molecule has 92 valence electrons. The van der Waals surface area contributed by atoms with Gasteiger partial charge in [0.15, 0.2) is 0 Å². The van der Waals surface area contributed by atoms with Gasteiger partial charge in [0.1, 0.15) is 12.4 Å². The van der Waals surface area contributed by atoms with Gasteiger partial charge in [-0.25, -0.2) is 0 Å². The number of aryl methyl sites for hydroxylation is 1. The lowest BCUT2D eigenvalue weighted by Crippen LogP contribution is -2.22. The molecular formula is C13H15N5. The molecule has 5 nitrogen and oxygen atoms in total. The quantitative estimate of drug-likeness (QED) is 0.815. The topological polar surface area (TPSA) is 57.7 Å². The van der Waals surface area contributed by atoms with Crippen molar-refractivity contribution in [2.45, 2.75) is 20.1 Å². The second-order valence-corrected chi connectivity index (χ2v) is 4.32. The Balaban J connectivity index is 2.04. The first-order valence-corrected chi connectivity index (χ1v) is 5.71. The molecule has 0 bridgehead atoms. The minimum Gasteiger partial charge on any atom is -0.291 e. The number of benzene rings is 1. The van der Waals surface area contributed by atoms with Gasteiger partial charge in [-0.05, 0) is 25.1 Å². The highest BCUT2D eigenvalue weighted by atomic mass is 15.3. The summed E-state index contributed by atoms with van der Waals surface area (Å²) in [6.07, 6.45) is 1.58. The molecule has 0 unspecified atom stereocenters. The molecule has 0 aliphatic rings. The molecule has 0 spiro atoms. The maximum Gasteiger partial charge on any atom is 0.235 e. The summed E-state index contributed by atoms with van der Waals surface area (Å²) < 4.78 is 1.73. The van der Waals surface area contributed by atoms with Gasteiger partial charge in [-0.2, -0.15) is 5.26 Å². The van der Waals surface area contributed by atoms with Crippen molar-refractivity contribution in [2.75, 3.05) is 7.05 Å². The third-order valence-corrected chi connectivity index (χ3v) is 2.81. The summed E-state index contributed by atoms with van der Waals surface area (Å²) in [5.41, 5.74) is 2.56. The lowest BCUT2D eigenvalue weighted by atomic mass is 10.1. The predicted octanol–water partition coefficient (Wildman–Crippen LogP) is 1.55. The first-order valence-electron chi connectivity index (χ1n) is 5.71. The van der Waals surface area contributed by atoms with Crippen molar-refractivity contribution in [3.05, 3.63) is 47.5 Å². The standard InChI is InChI=1S/C13H15N5/c1-11-5-3-4-6-12(11)8-17(2)10-18-9-15-16-13(18)7-14/h3-6,9H,8,10H2,1-2H3.